The van der Waals surface area contributed by atoms with E-state index < -0.39 is 0 Å². The van der Waals surface area contributed by atoms with Gasteiger partial charge >= 0.3 is 0 Å². The molecule has 2 aliphatic heterocycles. The molecule has 0 bridgehead atoms. The number of aliphatic hydroxyl groups is 1. The molecule has 1 N–H and O–H groups in total. The van der Waals surface area contributed by atoms with Crippen molar-refractivity contribution in [2.75, 3.05) is 25.2 Å². The number of para-hydroxylation sites is 2. The second kappa shape index (κ2) is 8.37. The first-order valence-electron chi connectivity index (χ1n) is 10.8. The number of benzene rings is 3. The monoisotopic (exact) mass is 432 g/mol. The number of methoxy groups -OCH3 is 1. The van der Waals surface area contributed by atoms with Crippen LogP contribution in [0.25, 0.3) is 0 Å². The van der Waals surface area contributed by atoms with Crippen molar-refractivity contribution < 1.29 is 19.0 Å². The molecular formula is C26H25FN2O3. The van der Waals surface area contributed by atoms with Crippen molar-refractivity contribution in [2.45, 2.75) is 24.5 Å². The van der Waals surface area contributed by atoms with Gasteiger partial charge in [0.15, 0.2) is 0 Å². The van der Waals surface area contributed by atoms with Gasteiger partial charge < -0.3 is 14.7 Å². The lowest BCUT2D eigenvalue weighted by Crippen LogP contribution is -2.68. The van der Waals surface area contributed by atoms with Crippen LogP contribution in [0.5, 0.6) is 5.75 Å². The van der Waals surface area contributed by atoms with Crippen LogP contribution in [-0.4, -0.2) is 48.3 Å². The minimum atomic E-state index is -0.269. The number of fused-ring (bicyclic) bond motifs is 3. The summed E-state index contributed by atoms with van der Waals surface area (Å²) in [5, 5.41) is 10.2. The summed E-state index contributed by atoms with van der Waals surface area (Å²) in [7, 11) is 1.56. The lowest BCUT2D eigenvalue weighted by molar-refractivity contribution is -0.0488. The van der Waals surface area contributed by atoms with Crippen molar-refractivity contribution in [3.8, 4) is 5.75 Å². The van der Waals surface area contributed by atoms with E-state index in [0.717, 1.165) is 16.8 Å². The van der Waals surface area contributed by atoms with Crippen molar-refractivity contribution in [1.29, 1.82) is 0 Å². The first kappa shape index (κ1) is 20.7. The Labute approximate surface area is 186 Å². The number of carbonyl (C=O) groups excluding carboxylic acids is 1. The van der Waals surface area contributed by atoms with Crippen molar-refractivity contribution in [2.24, 2.45) is 0 Å². The summed E-state index contributed by atoms with van der Waals surface area (Å²) in [5.74, 6) is 0.303. The quantitative estimate of drug-likeness (QED) is 0.666. The highest BCUT2D eigenvalue weighted by atomic mass is 19.1. The smallest absolute Gasteiger partial charge is 0.262 e. The highest BCUT2D eigenvalue weighted by molar-refractivity contribution is 6.08. The van der Waals surface area contributed by atoms with Gasteiger partial charge in [0.2, 0.25) is 0 Å². The van der Waals surface area contributed by atoms with Gasteiger partial charge in [0.1, 0.15) is 11.6 Å². The Bertz CT molecular complexity index is 1130. The average Bonchev–Trinajstić information content (AvgIpc) is 2.83. The highest BCUT2D eigenvalue weighted by Crippen LogP contribution is 2.49. The second-order valence-electron chi connectivity index (χ2n) is 8.32. The fraction of sp³-hybridized carbons (Fsp3) is 0.269. The summed E-state index contributed by atoms with van der Waals surface area (Å²) in [6.45, 7) is 1.12. The summed E-state index contributed by atoms with van der Waals surface area (Å²) < 4.78 is 18.8. The predicted molar refractivity (Wildman–Crippen MR) is 120 cm³/mol. The summed E-state index contributed by atoms with van der Waals surface area (Å²) in [4.78, 5) is 17.6. The Hall–Kier alpha value is -3.22. The Morgan fingerprint density at radius 1 is 1.06 bits per heavy atom. The molecule has 0 aromatic heterocycles. The number of aliphatic hydroxyl groups excluding tert-OH is 1. The number of hydrogen-bond donors (Lipinski definition) is 1. The highest BCUT2D eigenvalue weighted by Gasteiger charge is 2.53. The van der Waals surface area contributed by atoms with Gasteiger partial charge in [0, 0.05) is 36.8 Å². The molecule has 0 aliphatic carbocycles. The van der Waals surface area contributed by atoms with Gasteiger partial charge in [0.25, 0.3) is 5.91 Å². The Balaban J connectivity index is 1.50. The van der Waals surface area contributed by atoms with Crippen LogP contribution in [0, 0.1) is 5.82 Å². The molecule has 2 heterocycles. The molecule has 164 valence electrons. The predicted octanol–water partition coefficient (Wildman–Crippen LogP) is 3.82. The van der Waals surface area contributed by atoms with Gasteiger partial charge in [-0.1, -0.05) is 42.5 Å². The number of anilines is 1. The first-order valence-corrected chi connectivity index (χ1v) is 10.8. The van der Waals surface area contributed by atoms with Crippen LogP contribution in [0.3, 0.4) is 0 Å². The molecule has 3 atom stereocenters. The molecular weight excluding hydrogens is 407 g/mol. The van der Waals surface area contributed by atoms with Crippen molar-refractivity contribution in [3.63, 3.8) is 0 Å². The SMILES string of the molecule is COc1ccccc1C(=O)N1C[C@@H]2[C@H](c3ccccc31)[C@@H](CO)N2Cc1ccc(F)cc1. The maximum absolute atomic E-state index is 13.6. The van der Waals surface area contributed by atoms with E-state index in [1.807, 2.05) is 41.3 Å². The van der Waals surface area contributed by atoms with Crippen LogP contribution in [0.2, 0.25) is 0 Å². The zero-order valence-corrected chi connectivity index (χ0v) is 17.8. The van der Waals surface area contributed by atoms with E-state index in [1.54, 1.807) is 31.4 Å². The van der Waals surface area contributed by atoms with Gasteiger partial charge in [-0.3, -0.25) is 9.69 Å². The molecule has 1 fully saturated rings. The van der Waals surface area contributed by atoms with Gasteiger partial charge in [-0.15, -0.1) is 0 Å². The van der Waals surface area contributed by atoms with Crippen LogP contribution < -0.4 is 9.64 Å². The number of rotatable bonds is 5. The molecule has 5 nitrogen and oxygen atoms in total. The third kappa shape index (κ3) is 3.36. The van der Waals surface area contributed by atoms with Crippen LogP contribution in [0.1, 0.15) is 27.4 Å². The van der Waals surface area contributed by atoms with Gasteiger partial charge in [-0.25, -0.2) is 4.39 Å². The molecule has 32 heavy (non-hydrogen) atoms. The Morgan fingerprint density at radius 3 is 2.53 bits per heavy atom. The number of likely N-dealkylation sites (tertiary alicyclic amines) is 1. The lowest BCUT2D eigenvalue weighted by atomic mass is 9.71. The summed E-state index contributed by atoms with van der Waals surface area (Å²) in [6, 6.07) is 21.6. The van der Waals surface area contributed by atoms with Gasteiger partial charge in [-0.05, 0) is 41.5 Å². The van der Waals surface area contributed by atoms with Crippen LogP contribution >= 0.6 is 0 Å². The standard InChI is InChI=1S/C26H25FN2O3/c1-32-24-9-5-3-7-20(24)26(31)29-15-22-25(19-6-2-4-8-21(19)29)23(16-30)28(22)14-17-10-12-18(27)13-11-17/h2-13,22-23,25,30H,14-16H2,1H3/t22-,23-,25+/m1/s1. The summed E-state index contributed by atoms with van der Waals surface area (Å²) in [6.07, 6.45) is 0. The van der Waals surface area contributed by atoms with Crippen molar-refractivity contribution >= 4 is 11.6 Å². The third-order valence-electron chi connectivity index (χ3n) is 6.69. The molecule has 6 heteroatoms. The van der Waals surface area contributed by atoms with Crippen molar-refractivity contribution in [1.82, 2.24) is 4.90 Å². The molecule has 1 amide bonds. The maximum Gasteiger partial charge on any atom is 0.262 e. The van der Waals surface area contributed by atoms with Gasteiger partial charge in [0.05, 0.1) is 19.3 Å². The van der Waals surface area contributed by atoms with E-state index in [2.05, 4.69) is 4.90 Å². The molecule has 2 aliphatic rings. The number of nitrogens with zero attached hydrogens (tertiary/aromatic N) is 2. The molecule has 3 aromatic rings. The minimum absolute atomic E-state index is 0.0250. The normalized spacial score (nSPS) is 22.0. The molecule has 0 radical (unpaired) electrons. The Kier molecular flexibility index (Phi) is 5.41. The summed E-state index contributed by atoms with van der Waals surface area (Å²) >= 11 is 0. The molecule has 0 saturated carbocycles. The summed E-state index contributed by atoms with van der Waals surface area (Å²) in [5.41, 5.74) is 3.45. The van der Waals surface area contributed by atoms with E-state index in [-0.39, 0.29) is 36.3 Å². The average molecular weight is 432 g/mol. The number of ether oxygens (including phenoxy) is 1. The molecule has 0 unspecified atom stereocenters. The van der Waals surface area contributed by atoms with Gasteiger partial charge in [-0.2, -0.15) is 0 Å². The minimum Gasteiger partial charge on any atom is -0.496 e. The zero-order valence-electron chi connectivity index (χ0n) is 17.8. The zero-order chi connectivity index (χ0) is 22.2. The fourth-order valence-corrected chi connectivity index (χ4v) is 5.16. The number of halogens is 1. The second-order valence-corrected chi connectivity index (χ2v) is 8.32. The van der Waals surface area contributed by atoms with Crippen LogP contribution in [-0.2, 0) is 6.54 Å². The largest absolute Gasteiger partial charge is 0.496 e. The molecule has 0 spiro atoms. The van der Waals surface area contributed by atoms with E-state index in [0.29, 0.717) is 24.4 Å². The number of amides is 1. The van der Waals surface area contributed by atoms with E-state index in [9.17, 15) is 14.3 Å². The third-order valence-corrected chi connectivity index (χ3v) is 6.69. The van der Waals surface area contributed by atoms with E-state index >= 15 is 0 Å². The molecule has 1 saturated heterocycles. The lowest BCUT2D eigenvalue weighted by Gasteiger charge is -2.59. The van der Waals surface area contributed by atoms with Crippen LogP contribution in [0.15, 0.2) is 72.8 Å². The number of carbonyl (C=O) groups is 1. The topological polar surface area (TPSA) is 53.0 Å². The van der Waals surface area contributed by atoms with Crippen LogP contribution in [0.4, 0.5) is 10.1 Å². The molecule has 5 rings (SSSR count). The van der Waals surface area contributed by atoms with Crippen molar-refractivity contribution in [3.05, 3.63) is 95.3 Å². The number of hydrogen-bond acceptors (Lipinski definition) is 4. The maximum atomic E-state index is 13.6. The Morgan fingerprint density at radius 2 is 1.78 bits per heavy atom. The molecule has 3 aromatic carbocycles. The van der Waals surface area contributed by atoms with E-state index in [4.69, 9.17) is 4.74 Å². The first-order chi connectivity index (χ1) is 15.6. The fourth-order valence-electron chi connectivity index (χ4n) is 5.16. The van der Waals surface area contributed by atoms with E-state index in [1.165, 1.54) is 12.1 Å².